The zero-order chi connectivity index (χ0) is 19.5. The predicted octanol–water partition coefficient (Wildman–Crippen LogP) is 8.07. The van der Waals surface area contributed by atoms with Gasteiger partial charge in [0.2, 0.25) is 0 Å². The predicted molar refractivity (Wildman–Crippen MR) is 117 cm³/mol. The van der Waals surface area contributed by atoms with E-state index in [4.69, 9.17) is 0 Å². The van der Waals surface area contributed by atoms with Crippen molar-refractivity contribution in [2.45, 2.75) is 89.1 Å². The second kappa shape index (κ2) is 8.80. The van der Waals surface area contributed by atoms with Crippen LogP contribution in [0.4, 0.5) is 4.39 Å². The van der Waals surface area contributed by atoms with Gasteiger partial charge in [0.25, 0.3) is 0 Å². The van der Waals surface area contributed by atoms with Gasteiger partial charge in [-0.25, -0.2) is 4.39 Å². The average Bonchev–Trinajstić information content (AvgIpc) is 2.93. The quantitative estimate of drug-likeness (QED) is 0.474. The van der Waals surface area contributed by atoms with Gasteiger partial charge in [-0.2, -0.15) is 0 Å². The minimum atomic E-state index is -0.732. The van der Waals surface area contributed by atoms with Crippen LogP contribution in [0.5, 0.6) is 0 Å². The van der Waals surface area contributed by atoms with Crippen LogP contribution in [0.1, 0.15) is 98.3 Å². The lowest BCUT2D eigenvalue weighted by molar-refractivity contribution is 0.198. The van der Waals surface area contributed by atoms with E-state index in [1.165, 1.54) is 54.4 Å². The summed E-state index contributed by atoms with van der Waals surface area (Å²) in [6.07, 6.45) is 8.75. The SMILES string of the molecule is Cc1ccc(C2CCC(c3ccc(C4CCCC(C)CC4)cc3)CC2F)cc1. The fourth-order valence-electron chi connectivity index (χ4n) is 5.47. The molecular weight excluding hydrogens is 343 g/mol. The van der Waals surface area contributed by atoms with Crippen LogP contribution in [0.3, 0.4) is 0 Å². The molecule has 0 aliphatic heterocycles. The maximum atomic E-state index is 15.0. The van der Waals surface area contributed by atoms with Crippen molar-refractivity contribution in [1.29, 1.82) is 0 Å². The lowest BCUT2D eigenvalue weighted by atomic mass is 9.74. The number of hydrogen-bond acceptors (Lipinski definition) is 0. The van der Waals surface area contributed by atoms with Crippen molar-refractivity contribution in [3.8, 4) is 0 Å². The first-order valence-electron chi connectivity index (χ1n) is 11.4. The Balaban J connectivity index is 1.39. The molecule has 28 heavy (non-hydrogen) atoms. The zero-order valence-corrected chi connectivity index (χ0v) is 17.5. The van der Waals surface area contributed by atoms with Gasteiger partial charge in [-0.1, -0.05) is 80.3 Å². The zero-order valence-electron chi connectivity index (χ0n) is 17.5. The summed E-state index contributed by atoms with van der Waals surface area (Å²) >= 11 is 0. The molecule has 150 valence electrons. The molecule has 2 aromatic carbocycles. The number of aryl methyl sites for hydroxylation is 1. The van der Waals surface area contributed by atoms with E-state index >= 15 is 4.39 Å². The van der Waals surface area contributed by atoms with Crippen molar-refractivity contribution >= 4 is 0 Å². The highest BCUT2D eigenvalue weighted by Crippen LogP contribution is 2.43. The van der Waals surface area contributed by atoms with E-state index in [0.29, 0.717) is 12.3 Å². The highest BCUT2D eigenvalue weighted by molar-refractivity contribution is 5.30. The number of benzene rings is 2. The van der Waals surface area contributed by atoms with Gasteiger partial charge in [-0.15, -0.1) is 0 Å². The van der Waals surface area contributed by atoms with E-state index in [2.05, 4.69) is 62.4 Å². The summed E-state index contributed by atoms with van der Waals surface area (Å²) in [7, 11) is 0. The molecule has 2 saturated carbocycles. The molecule has 2 aliphatic carbocycles. The Hall–Kier alpha value is -1.63. The van der Waals surface area contributed by atoms with Crippen LogP contribution in [0.2, 0.25) is 0 Å². The second-order valence-corrected chi connectivity index (χ2v) is 9.52. The highest BCUT2D eigenvalue weighted by atomic mass is 19.1. The first kappa shape index (κ1) is 19.7. The van der Waals surface area contributed by atoms with Crippen molar-refractivity contribution in [3.63, 3.8) is 0 Å². The third-order valence-corrected chi connectivity index (χ3v) is 7.41. The minimum Gasteiger partial charge on any atom is -0.247 e. The molecule has 5 atom stereocenters. The lowest BCUT2D eigenvalue weighted by Gasteiger charge is -2.32. The standard InChI is InChI=1S/C27H35F/c1-19-4-3-5-21(9-6-19)22-12-14-23(15-13-22)25-16-17-26(27(28)18-25)24-10-7-20(2)8-11-24/h7-8,10-15,19,21,25-27H,3-6,9,16-18H2,1-2H3. The van der Waals surface area contributed by atoms with Crippen molar-refractivity contribution < 1.29 is 4.39 Å². The lowest BCUT2D eigenvalue weighted by Crippen LogP contribution is -2.23. The van der Waals surface area contributed by atoms with E-state index in [1.54, 1.807) is 0 Å². The van der Waals surface area contributed by atoms with Crippen LogP contribution in [-0.4, -0.2) is 6.17 Å². The molecule has 0 bridgehead atoms. The smallest absolute Gasteiger partial charge is 0.108 e. The number of halogens is 1. The Labute approximate surface area is 170 Å². The molecule has 0 radical (unpaired) electrons. The average molecular weight is 379 g/mol. The van der Waals surface area contributed by atoms with Crippen LogP contribution in [0.15, 0.2) is 48.5 Å². The van der Waals surface area contributed by atoms with Crippen molar-refractivity contribution in [3.05, 3.63) is 70.8 Å². The Kier molecular flexibility index (Phi) is 6.19. The molecule has 0 aromatic heterocycles. The summed E-state index contributed by atoms with van der Waals surface area (Å²) in [5.74, 6) is 2.06. The van der Waals surface area contributed by atoms with E-state index in [1.807, 2.05) is 0 Å². The molecule has 0 N–H and O–H groups in total. The molecule has 0 nitrogen and oxygen atoms in total. The summed E-state index contributed by atoms with van der Waals surface area (Å²) in [5.41, 5.74) is 5.27. The number of hydrogen-bond donors (Lipinski definition) is 0. The summed E-state index contributed by atoms with van der Waals surface area (Å²) < 4.78 is 15.0. The summed E-state index contributed by atoms with van der Waals surface area (Å²) in [5, 5.41) is 0. The Bertz CT molecular complexity index is 745. The molecule has 0 spiro atoms. The summed E-state index contributed by atoms with van der Waals surface area (Å²) in [6.45, 7) is 4.48. The molecule has 0 amide bonds. The van der Waals surface area contributed by atoms with Crippen LogP contribution in [-0.2, 0) is 0 Å². The van der Waals surface area contributed by atoms with Gasteiger partial charge in [-0.05, 0) is 73.5 Å². The van der Waals surface area contributed by atoms with Crippen LogP contribution in [0.25, 0.3) is 0 Å². The number of rotatable bonds is 3. The van der Waals surface area contributed by atoms with Crippen molar-refractivity contribution in [2.24, 2.45) is 5.92 Å². The molecule has 2 aromatic rings. The van der Waals surface area contributed by atoms with E-state index in [-0.39, 0.29) is 5.92 Å². The molecule has 0 heterocycles. The number of alkyl halides is 1. The Morgan fingerprint density at radius 1 is 0.679 bits per heavy atom. The molecular formula is C27H35F. The molecule has 4 rings (SSSR count). The fourth-order valence-corrected chi connectivity index (χ4v) is 5.47. The third kappa shape index (κ3) is 4.50. The summed E-state index contributed by atoms with van der Waals surface area (Å²) in [6, 6.07) is 17.7. The first-order valence-corrected chi connectivity index (χ1v) is 11.4. The highest BCUT2D eigenvalue weighted by Gasteiger charge is 2.32. The first-order chi connectivity index (χ1) is 13.6. The molecule has 2 aliphatic rings. The molecule has 1 heteroatoms. The molecule has 5 unspecified atom stereocenters. The molecule has 0 saturated heterocycles. The van der Waals surface area contributed by atoms with Crippen molar-refractivity contribution in [2.75, 3.05) is 0 Å². The largest absolute Gasteiger partial charge is 0.247 e. The van der Waals surface area contributed by atoms with Crippen molar-refractivity contribution in [1.82, 2.24) is 0 Å². The van der Waals surface area contributed by atoms with E-state index in [0.717, 1.165) is 24.7 Å². The maximum absolute atomic E-state index is 15.0. The Morgan fingerprint density at radius 3 is 1.96 bits per heavy atom. The van der Waals surface area contributed by atoms with Gasteiger partial charge in [0, 0.05) is 5.92 Å². The normalized spacial score (nSPS) is 31.3. The van der Waals surface area contributed by atoms with Crippen LogP contribution < -0.4 is 0 Å². The second-order valence-electron chi connectivity index (χ2n) is 9.52. The van der Waals surface area contributed by atoms with Crippen LogP contribution in [0, 0.1) is 12.8 Å². The molecule has 2 fully saturated rings. The summed E-state index contributed by atoms with van der Waals surface area (Å²) in [4.78, 5) is 0. The fraction of sp³-hybridized carbons (Fsp3) is 0.556. The monoisotopic (exact) mass is 378 g/mol. The topological polar surface area (TPSA) is 0 Å². The van der Waals surface area contributed by atoms with Gasteiger partial charge < -0.3 is 0 Å². The maximum Gasteiger partial charge on any atom is 0.108 e. The van der Waals surface area contributed by atoms with Crippen LogP contribution >= 0.6 is 0 Å². The third-order valence-electron chi connectivity index (χ3n) is 7.41. The van der Waals surface area contributed by atoms with Gasteiger partial charge in [-0.3, -0.25) is 0 Å². The van der Waals surface area contributed by atoms with Gasteiger partial charge in [0.1, 0.15) is 6.17 Å². The van der Waals surface area contributed by atoms with Gasteiger partial charge >= 0.3 is 0 Å². The Morgan fingerprint density at radius 2 is 1.29 bits per heavy atom. The van der Waals surface area contributed by atoms with E-state index < -0.39 is 6.17 Å². The van der Waals surface area contributed by atoms with E-state index in [9.17, 15) is 0 Å². The van der Waals surface area contributed by atoms with Gasteiger partial charge in [0.05, 0.1) is 0 Å². The minimum absolute atomic E-state index is 0.0732. The van der Waals surface area contributed by atoms with Gasteiger partial charge in [0.15, 0.2) is 0 Å².